The average molecular weight is 285 g/mol. The highest BCUT2D eigenvalue weighted by molar-refractivity contribution is 5.92. The van der Waals surface area contributed by atoms with Crippen molar-refractivity contribution in [1.82, 2.24) is 10.3 Å². The summed E-state index contributed by atoms with van der Waals surface area (Å²) in [5.41, 5.74) is 1.74. The predicted octanol–water partition coefficient (Wildman–Crippen LogP) is 2.73. The van der Waals surface area contributed by atoms with Crippen LogP contribution in [-0.4, -0.2) is 16.9 Å². The van der Waals surface area contributed by atoms with E-state index in [1.807, 2.05) is 0 Å². The summed E-state index contributed by atoms with van der Waals surface area (Å²) < 4.78 is 13.5. The molecule has 1 fully saturated rings. The fraction of sp³-hybridized carbons (Fsp3) is 0.250. The average Bonchev–Trinajstić information content (AvgIpc) is 3.31. The van der Waals surface area contributed by atoms with Gasteiger partial charge in [-0.1, -0.05) is 18.2 Å². The van der Waals surface area contributed by atoms with Crippen LogP contribution < -0.4 is 10.6 Å². The topological polar surface area (TPSA) is 54.0 Å². The van der Waals surface area contributed by atoms with Crippen LogP contribution in [0.25, 0.3) is 0 Å². The summed E-state index contributed by atoms with van der Waals surface area (Å²) in [5.74, 6) is -0.378. The molecule has 21 heavy (non-hydrogen) atoms. The lowest BCUT2D eigenvalue weighted by molar-refractivity contribution is 0.0946. The highest BCUT2D eigenvalue weighted by Crippen LogP contribution is 2.19. The van der Waals surface area contributed by atoms with E-state index < -0.39 is 0 Å². The molecule has 1 aliphatic carbocycles. The van der Waals surface area contributed by atoms with Gasteiger partial charge in [-0.05, 0) is 31.0 Å². The van der Waals surface area contributed by atoms with Gasteiger partial charge in [-0.3, -0.25) is 4.79 Å². The summed E-state index contributed by atoms with van der Waals surface area (Å²) in [5, 5.41) is 5.97. The number of amides is 1. The number of pyridine rings is 1. The van der Waals surface area contributed by atoms with Crippen LogP contribution in [0.3, 0.4) is 0 Å². The molecule has 0 spiro atoms. The second-order valence-corrected chi connectivity index (χ2v) is 5.12. The molecule has 1 aromatic heterocycles. The molecule has 108 valence electrons. The van der Waals surface area contributed by atoms with Gasteiger partial charge < -0.3 is 10.6 Å². The van der Waals surface area contributed by atoms with E-state index in [2.05, 4.69) is 15.6 Å². The Bertz CT molecular complexity index is 638. The molecule has 1 saturated carbocycles. The summed E-state index contributed by atoms with van der Waals surface area (Å²) in [6, 6.07) is 10.4. The third kappa shape index (κ3) is 3.56. The van der Waals surface area contributed by atoms with Crippen LogP contribution in [0.5, 0.6) is 0 Å². The fourth-order valence-corrected chi connectivity index (χ4v) is 1.96. The van der Waals surface area contributed by atoms with Crippen LogP contribution in [0.1, 0.15) is 28.9 Å². The third-order valence-corrected chi connectivity index (χ3v) is 3.35. The number of hydrogen-bond acceptors (Lipinski definition) is 3. The van der Waals surface area contributed by atoms with Gasteiger partial charge in [-0.25, -0.2) is 9.37 Å². The molecule has 2 aromatic rings. The monoisotopic (exact) mass is 285 g/mol. The van der Waals surface area contributed by atoms with Crippen molar-refractivity contribution in [3.8, 4) is 0 Å². The van der Waals surface area contributed by atoms with Crippen LogP contribution in [-0.2, 0) is 6.54 Å². The molecular formula is C16H16FN3O. The first-order valence-corrected chi connectivity index (χ1v) is 6.96. The maximum Gasteiger partial charge on any atom is 0.270 e. The predicted molar refractivity (Wildman–Crippen MR) is 78.5 cm³/mol. The van der Waals surface area contributed by atoms with Gasteiger partial charge in [-0.2, -0.15) is 0 Å². The molecule has 0 atom stereocenters. The fourth-order valence-electron chi connectivity index (χ4n) is 1.96. The summed E-state index contributed by atoms with van der Waals surface area (Å²) in [6.45, 7) is 0.377. The van der Waals surface area contributed by atoms with Gasteiger partial charge in [0.25, 0.3) is 5.91 Å². The second-order valence-electron chi connectivity index (χ2n) is 5.12. The van der Waals surface area contributed by atoms with E-state index in [1.165, 1.54) is 6.07 Å². The van der Waals surface area contributed by atoms with Gasteiger partial charge in [0.1, 0.15) is 11.5 Å². The molecule has 1 aromatic carbocycles. The Hall–Kier alpha value is -2.43. The molecule has 0 unspecified atom stereocenters. The van der Waals surface area contributed by atoms with E-state index in [1.54, 1.807) is 36.5 Å². The molecule has 0 bridgehead atoms. The van der Waals surface area contributed by atoms with E-state index in [4.69, 9.17) is 0 Å². The maximum atomic E-state index is 13.5. The maximum absolute atomic E-state index is 13.5. The Morgan fingerprint density at radius 3 is 2.71 bits per heavy atom. The highest BCUT2D eigenvalue weighted by Gasteiger charge is 2.24. The molecular weight excluding hydrogens is 269 g/mol. The molecule has 0 radical (unpaired) electrons. The molecule has 1 heterocycles. The number of hydrogen-bond donors (Lipinski definition) is 2. The first kappa shape index (κ1) is 13.5. The molecule has 0 aliphatic heterocycles. The van der Waals surface area contributed by atoms with E-state index >= 15 is 0 Å². The molecule has 4 nitrogen and oxygen atoms in total. The first-order valence-electron chi connectivity index (χ1n) is 6.96. The van der Waals surface area contributed by atoms with Gasteiger partial charge in [0.15, 0.2) is 0 Å². The minimum Gasteiger partial charge on any atom is -0.380 e. The van der Waals surface area contributed by atoms with Crippen LogP contribution >= 0.6 is 0 Å². The number of nitrogens with zero attached hydrogens (tertiary/aromatic N) is 1. The molecule has 1 amide bonds. The second kappa shape index (κ2) is 5.91. The van der Waals surface area contributed by atoms with Crippen molar-refractivity contribution in [2.45, 2.75) is 25.4 Å². The summed E-state index contributed by atoms with van der Waals surface area (Å²) in [7, 11) is 0. The number of rotatable bonds is 5. The zero-order valence-corrected chi connectivity index (χ0v) is 11.5. The van der Waals surface area contributed by atoms with Crippen molar-refractivity contribution in [2.75, 3.05) is 5.32 Å². The SMILES string of the molecule is O=C(NC1CC1)c1ccc(NCc2ccccc2F)cn1. The largest absolute Gasteiger partial charge is 0.380 e. The Balaban J connectivity index is 1.59. The normalized spacial score (nSPS) is 13.8. The lowest BCUT2D eigenvalue weighted by atomic mass is 10.2. The Morgan fingerprint density at radius 2 is 2.05 bits per heavy atom. The van der Waals surface area contributed by atoms with Crippen LogP contribution in [0.15, 0.2) is 42.6 Å². The first-order chi connectivity index (χ1) is 10.2. The van der Waals surface area contributed by atoms with E-state index in [0.29, 0.717) is 23.8 Å². The van der Waals surface area contributed by atoms with Crippen molar-refractivity contribution in [1.29, 1.82) is 0 Å². The van der Waals surface area contributed by atoms with E-state index in [-0.39, 0.29) is 11.7 Å². The third-order valence-electron chi connectivity index (χ3n) is 3.35. The minimum atomic E-state index is -0.238. The minimum absolute atomic E-state index is 0.141. The van der Waals surface area contributed by atoms with E-state index in [0.717, 1.165) is 18.5 Å². The number of carbonyl (C=O) groups is 1. The molecule has 3 rings (SSSR count). The summed E-state index contributed by atoms with van der Waals surface area (Å²) in [4.78, 5) is 15.9. The lowest BCUT2D eigenvalue weighted by Gasteiger charge is -2.08. The Labute approximate surface area is 122 Å². The van der Waals surface area contributed by atoms with Crippen LogP contribution in [0.2, 0.25) is 0 Å². The number of anilines is 1. The van der Waals surface area contributed by atoms with Gasteiger partial charge in [-0.15, -0.1) is 0 Å². The molecule has 0 saturated heterocycles. The molecule has 5 heteroatoms. The van der Waals surface area contributed by atoms with E-state index in [9.17, 15) is 9.18 Å². The van der Waals surface area contributed by atoms with Crippen molar-refractivity contribution < 1.29 is 9.18 Å². The number of halogens is 1. The van der Waals surface area contributed by atoms with Gasteiger partial charge in [0.2, 0.25) is 0 Å². The number of carbonyl (C=O) groups excluding carboxylic acids is 1. The Kier molecular flexibility index (Phi) is 3.81. The molecule has 1 aliphatic rings. The standard InChI is InChI=1S/C16H16FN3O/c17-14-4-2-1-3-11(14)9-18-13-7-8-15(19-10-13)16(21)20-12-5-6-12/h1-4,7-8,10,12,18H,5-6,9H2,(H,20,21). The van der Waals surface area contributed by atoms with Crippen molar-refractivity contribution in [2.24, 2.45) is 0 Å². The molecule has 2 N–H and O–H groups in total. The van der Waals surface area contributed by atoms with Crippen molar-refractivity contribution in [3.63, 3.8) is 0 Å². The smallest absolute Gasteiger partial charge is 0.270 e. The van der Waals surface area contributed by atoms with Crippen molar-refractivity contribution in [3.05, 3.63) is 59.7 Å². The van der Waals surface area contributed by atoms with Crippen LogP contribution in [0, 0.1) is 5.82 Å². The number of benzene rings is 1. The zero-order valence-electron chi connectivity index (χ0n) is 11.5. The number of aromatic nitrogens is 1. The van der Waals surface area contributed by atoms with Gasteiger partial charge in [0.05, 0.1) is 11.9 Å². The van der Waals surface area contributed by atoms with Gasteiger partial charge >= 0.3 is 0 Å². The Morgan fingerprint density at radius 1 is 1.24 bits per heavy atom. The van der Waals surface area contributed by atoms with Crippen molar-refractivity contribution >= 4 is 11.6 Å². The lowest BCUT2D eigenvalue weighted by Crippen LogP contribution is -2.26. The quantitative estimate of drug-likeness (QED) is 0.888. The van der Waals surface area contributed by atoms with Crippen LogP contribution in [0.4, 0.5) is 10.1 Å². The number of nitrogens with one attached hydrogen (secondary N) is 2. The zero-order chi connectivity index (χ0) is 14.7. The highest BCUT2D eigenvalue weighted by atomic mass is 19.1. The summed E-state index contributed by atoms with van der Waals surface area (Å²) >= 11 is 0. The van der Waals surface area contributed by atoms with Gasteiger partial charge in [0, 0.05) is 18.2 Å². The summed E-state index contributed by atoms with van der Waals surface area (Å²) in [6.07, 6.45) is 3.69.